The van der Waals surface area contributed by atoms with Crippen LogP contribution in [0.1, 0.15) is 34.1 Å². The second-order valence-electron chi connectivity index (χ2n) is 6.42. The third kappa shape index (κ3) is 5.34. The van der Waals surface area contributed by atoms with Crippen LogP contribution in [0.2, 0.25) is 0 Å². The lowest BCUT2D eigenvalue weighted by Crippen LogP contribution is -2.55. The zero-order chi connectivity index (χ0) is 14.7. The summed E-state index contributed by atoms with van der Waals surface area (Å²) < 4.78 is 10.8. The van der Waals surface area contributed by atoms with Gasteiger partial charge >= 0.3 is 6.09 Å². The Kier molecular flexibility index (Phi) is 5.18. The number of carbonyl (C=O) groups excluding carboxylic acids is 1. The number of morpholine rings is 1. The monoisotopic (exact) mass is 274 g/mol. The van der Waals surface area contributed by atoms with Crippen LogP contribution in [0.25, 0.3) is 0 Å². The van der Waals surface area contributed by atoms with Crippen molar-refractivity contribution in [3.8, 4) is 0 Å². The maximum Gasteiger partial charge on any atom is 0.410 e. The van der Waals surface area contributed by atoms with Crippen molar-refractivity contribution < 1.29 is 19.4 Å². The molecule has 1 aliphatic heterocycles. The Morgan fingerprint density at radius 1 is 1.47 bits per heavy atom. The van der Waals surface area contributed by atoms with Gasteiger partial charge in [-0.15, -0.1) is 0 Å². The van der Waals surface area contributed by atoms with Gasteiger partial charge in [0, 0.05) is 12.1 Å². The van der Waals surface area contributed by atoms with E-state index in [-0.39, 0.29) is 18.7 Å². The molecule has 0 bridgehead atoms. The lowest BCUT2D eigenvalue weighted by molar-refractivity contribution is -0.0399. The van der Waals surface area contributed by atoms with Crippen molar-refractivity contribution in [2.24, 2.45) is 5.73 Å². The number of ether oxygens (including phenoxy) is 2. The van der Waals surface area contributed by atoms with Crippen LogP contribution in [0.15, 0.2) is 0 Å². The maximum absolute atomic E-state index is 12.1. The van der Waals surface area contributed by atoms with Gasteiger partial charge in [0.25, 0.3) is 0 Å². The second kappa shape index (κ2) is 6.07. The molecule has 0 aromatic rings. The van der Waals surface area contributed by atoms with Crippen molar-refractivity contribution in [1.82, 2.24) is 4.90 Å². The van der Waals surface area contributed by atoms with Crippen LogP contribution in [-0.4, -0.2) is 59.6 Å². The molecule has 0 spiro atoms. The first kappa shape index (κ1) is 16.2. The highest BCUT2D eigenvalue weighted by Crippen LogP contribution is 2.20. The molecular formula is C13H26N2O4. The first-order valence-corrected chi connectivity index (χ1v) is 6.62. The summed E-state index contributed by atoms with van der Waals surface area (Å²) in [5.74, 6) is 0. The number of hydrogen-bond donors (Lipinski definition) is 2. The predicted molar refractivity (Wildman–Crippen MR) is 71.8 cm³/mol. The van der Waals surface area contributed by atoms with Crippen LogP contribution in [-0.2, 0) is 9.47 Å². The molecule has 0 aliphatic carbocycles. The standard InChI is InChI=1S/C13H26N2O4/c1-12(2,3)19-11(17)15-5-6-18-8-10(15)7-13(4,14)9-16/h10,16H,5-9,14H2,1-4H3. The molecular weight excluding hydrogens is 248 g/mol. The minimum absolute atomic E-state index is 0.133. The van der Waals surface area contributed by atoms with Gasteiger partial charge in [-0.05, 0) is 34.1 Å². The Bertz CT molecular complexity index is 312. The first-order valence-electron chi connectivity index (χ1n) is 6.62. The maximum atomic E-state index is 12.1. The Morgan fingerprint density at radius 3 is 2.63 bits per heavy atom. The van der Waals surface area contributed by atoms with Crippen molar-refractivity contribution >= 4 is 6.09 Å². The van der Waals surface area contributed by atoms with E-state index in [1.54, 1.807) is 11.8 Å². The van der Waals surface area contributed by atoms with E-state index in [0.29, 0.717) is 26.2 Å². The summed E-state index contributed by atoms with van der Waals surface area (Å²) in [5.41, 5.74) is 4.70. The molecule has 1 heterocycles. The molecule has 1 fully saturated rings. The summed E-state index contributed by atoms with van der Waals surface area (Å²) in [6.07, 6.45) is 0.123. The predicted octanol–water partition coefficient (Wildman–Crippen LogP) is 0.722. The summed E-state index contributed by atoms with van der Waals surface area (Å²) >= 11 is 0. The zero-order valence-corrected chi connectivity index (χ0v) is 12.3. The van der Waals surface area contributed by atoms with Gasteiger partial charge in [-0.3, -0.25) is 0 Å². The van der Waals surface area contributed by atoms with E-state index in [9.17, 15) is 9.90 Å². The average molecular weight is 274 g/mol. The molecule has 1 rings (SSSR count). The van der Waals surface area contributed by atoms with Crippen molar-refractivity contribution in [3.63, 3.8) is 0 Å². The summed E-state index contributed by atoms with van der Waals surface area (Å²) in [6.45, 7) is 8.53. The molecule has 3 N–H and O–H groups in total. The van der Waals surface area contributed by atoms with Gasteiger partial charge in [-0.1, -0.05) is 0 Å². The molecule has 0 aromatic heterocycles. The fourth-order valence-electron chi connectivity index (χ4n) is 1.99. The SMILES string of the molecule is CC(N)(CO)CC1COCCN1C(=O)OC(C)(C)C. The van der Waals surface area contributed by atoms with E-state index in [1.807, 2.05) is 20.8 Å². The third-order valence-corrected chi connectivity index (χ3v) is 2.92. The molecule has 6 heteroatoms. The third-order valence-electron chi connectivity index (χ3n) is 2.92. The van der Waals surface area contributed by atoms with Gasteiger partial charge in [-0.2, -0.15) is 0 Å². The summed E-state index contributed by atoms with van der Waals surface area (Å²) in [4.78, 5) is 13.8. The minimum atomic E-state index is -0.731. The number of amides is 1. The topological polar surface area (TPSA) is 85.0 Å². The highest BCUT2D eigenvalue weighted by atomic mass is 16.6. The van der Waals surface area contributed by atoms with E-state index in [4.69, 9.17) is 15.2 Å². The summed E-state index contributed by atoms with van der Waals surface area (Å²) in [6, 6.07) is -0.161. The molecule has 0 radical (unpaired) electrons. The van der Waals surface area contributed by atoms with Gasteiger partial charge in [0.05, 0.1) is 25.9 Å². The average Bonchev–Trinajstić information content (AvgIpc) is 2.27. The molecule has 0 saturated carbocycles. The highest BCUT2D eigenvalue weighted by Gasteiger charge is 2.34. The van der Waals surface area contributed by atoms with Crippen LogP contribution < -0.4 is 5.73 Å². The van der Waals surface area contributed by atoms with E-state index in [1.165, 1.54) is 0 Å². The van der Waals surface area contributed by atoms with Crippen LogP contribution in [0.5, 0.6) is 0 Å². The fourth-order valence-corrected chi connectivity index (χ4v) is 1.99. The summed E-state index contributed by atoms with van der Waals surface area (Å²) in [7, 11) is 0. The Hall–Kier alpha value is -0.850. The van der Waals surface area contributed by atoms with Crippen molar-refractivity contribution in [2.75, 3.05) is 26.4 Å². The molecule has 1 aliphatic rings. The fraction of sp³-hybridized carbons (Fsp3) is 0.923. The van der Waals surface area contributed by atoms with E-state index in [2.05, 4.69) is 0 Å². The quantitative estimate of drug-likeness (QED) is 0.792. The number of hydrogen-bond acceptors (Lipinski definition) is 5. The molecule has 19 heavy (non-hydrogen) atoms. The number of aliphatic hydroxyl groups is 1. The smallest absolute Gasteiger partial charge is 0.410 e. The summed E-state index contributed by atoms with van der Waals surface area (Å²) in [5, 5.41) is 9.24. The lowest BCUT2D eigenvalue weighted by atomic mass is 9.94. The van der Waals surface area contributed by atoms with Crippen LogP contribution in [0, 0.1) is 0 Å². The number of aliphatic hydroxyl groups excluding tert-OH is 1. The van der Waals surface area contributed by atoms with Gasteiger partial charge in [-0.25, -0.2) is 4.79 Å². The van der Waals surface area contributed by atoms with Gasteiger partial charge < -0.3 is 25.2 Å². The first-order chi connectivity index (χ1) is 8.64. The lowest BCUT2D eigenvalue weighted by Gasteiger charge is -2.39. The number of nitrogens with zero attached hydrogens (tertiary/aromatic N) is 1. The van der Waals surface area contributed by atoms with Crippen molar-refractivity contribution in [1.29, 1.82) is 0 Å². The molecule has 2 atom stereocenters. The molecule has 1 amide bonds. The Labute approximate surface area is 114 Å². The molecule has 2 unspecified atom stereocenters. The molecule has 0 aromatic carbocycles. The van der Waals surface area contributed by atoms with Crippen molar-refractivity contribution in [2.45, 2.75) is 51.3 Å². The molecule has 1 saturated heterocycles. The Balaban J connectivity index is 2.70. The zero-order valence-electron chi connectivity index (χ0n) is 12.3. The number of nitrogens with two attached hydrogens (primary N) is 1. The number of carbonyl (C=O) groups is 1. The normalized spacial score (nSPS) is 23.9. The van der Waals surface area contributed by atoms with Crippen molar-refractivity contribution in [3.05, 3.63) is 0 Å². The highest BCUT2D eigenvalue weighted by molar-refractivity contribution is 5.68. The van der Waals surface area contributed by atoms with Crippen LogP contribution in [0.3, 0.4) is 0 Å². The molecule has 112 valence electrons. The minimum Gasteiger partial charge on any atom is -0.444 e. The molecule has 6 nitrogen and oxygen atoms in total. The largest absolute Gasteiger partial charge is 0.444 e. The van der Waals surface area contributed by atoms with Gasteiger partial charge in [0.15, 0.2) is 0 Å². The van der Waals surface area contributed by atoms with E-state index >= 15 is 0 Å². The van der Waals surface area contributed by atoms with E-state index in [0.717, 1.165) is 0 Å². The van der Waals surface area contributed by atoms with Gasteiger partial charge in [0.2, 0.25) is 0 Å². The van der Waals surface area contributed by atoms with E-state index < -0.39 is 11.1 Å². The van der Waals surface area contributed by atoms with Crippen LogP contribution >= 0.6 is 0 Å². The van der Waals surface area contributed by atoms with Gasteiger partial charge in [0.1, 0.15) is 5.60 Å². The van der Waals surface area contributed by atoms with Crippen LogP contribution in [0.4, 0.5) is 4.79 Å². The number of rotatable bonds is 3. The Morgan fingerprint density at radius 2 is 2.11 bits per heavy atom. The second-order valence-corrected chi connectivity index (χ2v) is 6.42.